The van der Waals surface area contributed by atoms with E-state index >= 15 is 0 Å². The van der Waals surface area contributed by atoms with Gasteiger partial charge >= 0.3 is 0 Å². The van der Waals surface area contributed by atoms with Crippen molar-refractivity contribution in [1.82, 2.24) is 10.6 Å². The lowest BCUT2D eigenvalue weighted by Gasteiger charge is -2.40. The molecule has 0 radical (unpaired) electrons. The van der Waals surface area contributed by atoms with Crippen molar-refractivity contribution < 1.29 is 4.79 Å². The Hall–Kier alpha value is -0.570. The van der Waals surface area contributed by atoms with Crippen LogP contribution in [0.3, 0.4) is 0 Å². The summed E-state index contributed by atoms with van der Waals surface area (Å²) in [5, 5.41) is 6.78. The van der Waals surface area contributed by atoms with Gasteiger partial charge in [-0.15, -0.1) is 0 Å². The Bertz CT molecular complexity index is 327. The van der Waals surface area contributed by atoms with Crippen LogP contribution in [-0.2, 0) is 4.79 Å². The first-order chi connectivity index (χ1) is 9.24. The Morgan fingerprint density at radius 3 is 2.74 bits per heavy atom. The average Bonchev–Trinajstić information content (AvgIpc) is 3.28. The van der Waals surface area contributed by atoms with Gasteiger partial charge in [-0.1, -0.05) is 19.8 Å². The van der Waals surface area contributed by atoms with Crippen LogP contribution in [0, 0.1) is 17.8 Å². The molecule has 0 aromatic carbocycles. The van der Waals surface area contributed by atoms with Crippen LogP contribution in [0.25, 0.3) is 0 Å². The van der Waals surface area contributed by atoms with Gasteiger partial charge in [-0.05, 0) is 56.3 Å². The topological polar surface area (TPSA) is 41.1 Å². The van der Waals surface area contributed by atoms with E-state index in [1.807, 2.05) is 0 Å². The number of amides is 1. The highest BCUT2D eigenvalue weighted by atomic mass is 16.2. The van der Waals surface area contributed by atoms with Crippen molar-refractivity contribution in [2.24, 2.45) is 17.8 Å². The molecule has 108 valence electrons. The number of hydrogen-bond acceptors (Lipinski definition) is 2. The first-order valence-electron chi connectivity index (χ1n) is 8.28. The summed E-state index contributed by atoms with van der Waals surface area (Å²) in [4.78, 5) is 12.2. The fourth-order valence-corrected chi connectivity index (χ4v) is 3.92. The molecule has 3 nitrogen and oxygen atoms in total. The summed E-state index contributed by atoms with van der Waals surface area (Å²) in [6, 6.07) is 0.685. The summed E-state index contributed by atoms with van der Waals surface area (Å²) in [5.41, 5.74) is 0. The largest absolute Gasteiger partial charge is 0.354 e. The molecule has 2 aliphatic carbocycles. The van der Waals surface area contributed by atoms with Crippen LogP contribution in [0.15, 0.2) is 0 Å². The molecule has 3 aliphatic rings. The molecule has 0 spiro atoms. The van der Waals surface area contributed by atoms with Crippen molar-refractivity contribution in [1.29, 1.82) is 0 Å². The van der Waals surface area contributed by atoms with Gasteiger partial charge in [-0.3, -0.25) is 4.79 Å². The molecular formula is C16H28N2O. The second kappa shape index (κ2) is 5.82. The van der Waals surface area contributed by atoms with Crippen LogP contribution in [-0.4, -0.2) is 24.5 Å². The Kier molecular flexibility index (Phi) is 4.11. The van der Waals surface area contributed by atoms with E-state index in [9.17, 15) is 4.79 Å². The van der Waals surface area contributed by atoms with E-state index in [4.69, 9.17) is 0 Å². The van der Waals surface area contributed by atoms with Gasteiger partial charge in [0.2, 0.25) is 5.91 Å². The van der Waals surface area contributed by atoms with Gasteiger partial charge in [0.1, 0.15) is 0 Å². The third kappa shape index (κ3) is 3.31. The Balaban J connectivity index is 1.44. The van der Waals surface area contributed by atoms with Crippen LogP contribution in [0.2, 0.25) is 0 Å². The van der Waals surface area contributed by atoms with Gasteiger partial charge in [-0.2, -0.15) is 0 Å². The van der Waals surface area contributed by atoms with Gasteiger partial charge in [0.05, 0.1) is 6.04 Å². The minimum absolute atomic E-state index is 0.0748. The predicted molar refractivity (Wildman–Crippen MR) is 76.8 cm³/mol. The molecule has 0 aromatic rings. The summed E-state index contributed by atoms with van der Waals surface area (Å²) in [5.74, 6) is 2.62. The number of carbonyl (C=O) groups is 1. The molecular weight excluding hydrogens is 236 g/mol. The van der Waals surface area contributed by atoms with Gasteiger partial charge in [0.25, 0.3) is 0 Å². The lowest BCUT2D eigenvalue weighted by atomic mass is 9.77. The summed E-state index contributed by atoms with van der Waals surface area (Å²) >= 11 is 0. The highest BCUT2D eigenvalue weighted by molar-refractivity contribution is 5.81. The number of rotatable bonds is 4. The van der Waals surface area contributed by atoms with Crippen molar-refractivity contribution in [2.75, 3.05) is 6.54 Å². The molecule has 0 aromatic heterocycles. The second-order valence-electron chi connectivity index (χ2n) is 7.01. The maximum absolute atomic E-state index is 12.2. The van der Waals surface area contributed by atoms with E-state index in [0.29, 0.717) is 12.0 Å². The fraction of sp³-hybridized carbons (Fsp3) is 0.938. The van der Waals surface area contributed by atoms with Gasteiger partial charge < -0.3 is 10.6 Å². The van der Waals surface area contributed by atoms with E-state index in [2.05, 4.69) is 17.6 Å². The van der Waals surface area contributed by atoms with Gasteiger partial charge in [-0.25, -0.2) is 0 Å². The molecule has 3 rings (SSSR count). The van der Waals surface area contributed by atoms with Gasteiger partial charge in [0, 0.05) is 12.6 Å². The molecule has 1 amide bonds. The normalized spacial score (nSPS) is 36.4. The maximum Gasteiger partial charge on any atom is 0.237 e. The van der Waals surface area contributed by atoms with Crippen LogP contribution < -0.4 is 10.6 Å². The zero-order valence-electron chi connectivity index (χ0n) is 12.2. The zero-order valence-corrected chi connectivity index (χ0v) is 12.2. The third-order valence-corrected chi connectivity index (χ3v) is 5.49. The summed E-state index contributed by atoms with van der Waals surface area (Å²) in [6.07, 6.45) is 10.4. The predicted octanol–water partition coefficient (Wildman–Crippen LogP) is 2.46. The first-order valence-corrected chi connectivity index (χ1v) is 8.28. The van der Waals surface area contributed by atoms with E-state index < -0.39 is 0 Å². The van der Waals surface area contributed by atoms with Crippen molar-refractivity contribution in [2.45, 2.75) is 70.4 Å². The van der Waals surface area contributed by atoms with Crippen molar-refractivity contribution in [3.63, 3.8) is 0 Å². The lowest BCUT2D eigenvalue weighted by molar-refractivity contribution is -0.124. The molecule has 0 bridgehead atoms. The van der Waals surface area contributed by atoms with E-state index in [-0.39, 0.29) is 11.9 Å². The zero-order chi connectivity index (χ0) is 13.2. The SMILES string of the molecule is CC(CNC(=O)C1CCC2CCCCC2N1)C1CC1. The van der Waals surface area contributed by atoms with E-state index in [1.165, 1.54) is 44.9 Å². The molecule has 2 saturated carbocycles. The average molecular weight is 264 g/mol. The van der Waals surface area contributed by atoms with Crippen molar-refractivity contribution >= 4 is 5.91 Å². The number of piperidine rings is 1. The van der Waals surface area contributed by atoms with Crippen LogP contribution >= 0.6 is 0 Å². The highest BCUT2D eigenvalue weighted by Gasteiger charge is 2.35. The number of fused-ring (bicyclic) bond motifs is 1. The summed E-state index contributed by atoms with van der Waals surface area (Å²) < 4.78 is 0. The molecule has 4 unspecified atom stereocenters. The minimum Gasteiger partial charge on any atom is -0.354 e. The van der Waals surface area contributed by atoms with Crippen LogP contribution in [0.5, 0.6) is 0 Å². The molecule has 4 atom stereocenters. The lowest BCUT2D eigenvalue weighted by Crippen LogP contribution is -2.55. The second-order valence-corrected chi connectivity index (χ2v) is 7.01. The smallest absolute Gasteiger partial charge is 0.237 e. The first kappa shape index (κ1) is 13.4. The molecule has 2 N–H and O–H groups in total. The monoisotopic (exact) mass is 264 g/mol. The Morgan fingerprint density at radius 1 is 1.16 bits per heavy atom. The maximum atomic E-state index is 12.2. The van der Waals surface area contributed by atoms with E-state index in [1.54, 1.807) is 0 Å². The standard InChI is InChI=1S/C16H28N2O/c1-11(12-6-7-12)10-17-16(19)15-9-8-13-4-2-3-5-14(13)18-15/h11-15,18H,2-10H2,1H3,(H,17,19). The van der Waals surface area contributed by atoms with Crippen LogP contribution in [0.1, 0.15) is 58.3 Å². The summed E-state index contributed by atoms with van der Waals surface area (Å²) in [7, 11) is 0. The van der Waals surface area contributed by atoms with Crippen molar-refractivity contribution in [3.05, 3.63) is 0 Å². The number of nitrogens with one attached hydrogen (secondary N) is 2. The summed E-state index contributed by atoms with van der Waals surface area (Å²) in [6.45, 7) is 3.14. The minimum atomic E-state index is 0.0748. The highest BCUT2D eigenvalue weighted by Crippen LogP contribution is 2.36. The molecule has 1 aliphatic heterocycles. The number of hydrogen-bond donors (Lipinski definition) is 2. The molecule has 3 heteroatoms. The molecule has 1 heterocycles. The van der Waals surface area contributed by atoms with Crippen molar-refractivity contribution in [3.8, 4) is 0 Å². The quantitative estimate of drug-likeness (QED) is 0.819. The molecule has 1 saturated heterocycles. The van der Waals surface area contributed by atoms with Crippen LogP contribution in [0.4, 0.5) is 0 Å². The Labute approximate surface area is 116 Å². The fourth-order valence-electron chi connectivity index (χ4n) is 3.92. The molecule has 19 heavy (non-hydrogen) atoms. The van der Waals surface area contributed by atoms with E-state index in [0.717, 1.165) is 24.8 Å². The van der Waals surface area contributed by atoms with Gasteiger partial charge in [0.15, 0.2) is 0 Å². The molecule has 3 fully saturated rings. The number of carbonyl (C=O) groups excluding carboxylic acids is 1. The Morgan fingerprint density at radius 2 is 1.95 bits per heavy atom. The third-order valence-electron chi connectivity index (χ3n) is 5.49.